The van der Waals surface area contributed by atoms with Crippen molar-refractivity contribution in [3.63, 3.8) is 0 Å². The van der Waals surface area contributed by atoms with Gasteiger partial charge in [0.25, 0.3) is 0 Å². The van der Waals surface area contributed by atoms with Gasteiger partial charge in [-0.1, -0.05) is 19.3 Å². The normalized spacial score (nSPS) is 17.0. The Morgan fingerprint density at radius 2 is 1.82 bits per heavy atom. The summed E-state index contributed by atoms with van der Waals surface area (Å²) in [6, 6.07) is 4.63. The summed E-state index contributed by atoms with van der Waals surface area (Å²) in [5, 5.41) is 14.9. The Bertz CT molecular complexity index is 513. The second-order valence-corrected chi connectivity index (χ2v) is 5.65. The molecule has 0 aromatic heterocycles. The standard InChI is InChI=1S/C16H21FN2O3/c17-11-6-8-13(9-7-11)19-15(20)10-14(16(21)22)18-12-4-2-1-3-5-12/h6-9,12,14,18H,1-5,10H2,(H,19,20)(H,21,22)/t14-/m1/s1. The molecular weight excluding hydrogens is 287 g/mol. The number of carboxylic acids is 1. The van der Waals surface area contributed by atoms with Crippen LogP contribution < -0.4 is 10.6 Å². The van der Waals surface area contributed by atoms with Crippen molar-refractivity contribution in [1.29, 1.82) is 0 Å². The van der Waals surface area contributed by atoms with Gasteiger partial charge in [0, 0.05) is 11.7 Å². The summed E-state index contributed by atoms with van der Waals surface area (Å²) in [5.41, 5.74) is 0.452. The van der Waals surface area contributed by atoms with E-state index in [1.807, 2.05) is 0 Å². The van der Waals surface area contributed by atoms with Crippen molar-refractivity contribution in [2.24, 2.45) is 0 Å². The van der Waals surface area contributed by atoms with Crippen LogP contribution in [0.3, 0.4) is 0 Å². The molecule has 0 heterocycles. The van der Waals surface area contributed by atoms with Crippen molar-refractivity contribution in [3.8, 4) is 0 Å². The highest BCUT2D eigenvalue weighted by atomic mass is 19.1. The molecule has 5 nitrogen and oxygen atoms in total. The summed E-state index contributed by atoms with van der Waals surface area (Å²) >= 11 is 0. The molecule has 1 fully saturated rings. The van der Waals surface area contributed by atoms with Gasteiger partial charge in [-0.2, -0.15) is 0 Å². The quantitative estimate of drug-likeness (QED) is 0.754. The average molecular weight is 308 g/mol. The number of carbonyl (C=O) groups excluding carboxylic acids is 1. The molecule has 6 heteroatoms. The Hall–Kier alpha value is -1.95. The van der Waals surface area contributed by atoms with Crippen molar-refractivity contribution < 1.29 is 19.1 Å². The second-order valence-electron chi connectivity index (χ2n) is 5.65. The van der Waals surface area contributed by atoms with Gasteiger partial charge in [-0.3, -0.25) is 9.59 Å². The summed E-state index contributed by atoms with van der Waals surface area (Å²) < 4.78 is 12.8. The Balaban J connectivity index is 1.87. The first-order valence-corrected chi connectivity index (χ1v) is 7.59. The van der Waals surface area contributed by atoms with Gasteiger partial charge in [-0.25, -0.2) is 4.39 Å². The van der Waals surface area contributed by atoms with E-state index in [-0.39, 0.29) is 18.3 Å². The Labute approximate surface area is 128 Å². The van der Waals surface area contributed by atoms with Crippen LogP contribution in [0.5, 0.6) is 0 Å². The highest BCUT2D eigenvalue weighted by Crippen LogP contribution is 2.18. The zero-order valence-electron chi connectivity index (χ0n) is 12.3. The predicted molar refractivity (Wildman–Crippen MR) is 81.1 cm³/mol. The SMILES string of the molecule is O=C(C[C@@H](NC1CCCCC1)C(=O)O)Nc1ccc(F)cc1. The van der Waals surface area contributed by atoms with Crippen LogP contribution in [0.2, 0.25) is 0 Å². The van der Waals surface area contributed by atoms with Gasteiger partial charge in [-0.05, 0) is 37.1 Å². The Kier molecular flexibility index (Phi) is 5.89. The van der Waals surface area contributed by atoms with Crippen LogP contribution in [0.1, 0.15) is 38.5 Å². The summed E-state index contributed by atoms with van der Waals surface area (Å²) in [4.78, 5) is 23.3. The van der Waals surface area contributed by atoms with E-state index >= 15 is 0 Å². The topological polar surface area (TPSA) is 78.4 Å². The monoisotopic (exact) mass is 308 g/mol. The number of anilines is 1. The fourth-order valence-corrected chi connectivity index (χ4v) is 2.70. The molecule has 0 saturated heterocycles. The molecule has 0 bridgehead atoms. The van der Waals surface area contributed by atoms with Gasteiger partial charge >= 0.3 is 5.97 Å². The fraction of sp³-hybridized carbons (Fsp3) is 0.500. The molecule has 1 aromatic rings. The molecule has 0 spiro atoms. The molecule has 1 amide bonds. The maximum absolute atomic E-state index is 12.8. The number of carboxylic acid groups (broad SMARTS) is 1. The second kappa shape index (κ2) is 7.89. The molecule has 120 valence electrons. The van der Waals surface area contributed by atoms with Crippen LogP contribution in [0.25, 0.3) is 0 Å². The number of amides is 1. The van der Waals surface area contributed by atoms with Crippen LogP contribution in [-0.2, 0) is 9.59 Å². The number of nitrogens with one attached hydrogen (secondary N) is 2. The molecule has 1 atom stereocenters. The predicted octanol–water partition coefficient (Wildman–Crippen LogP) is 2.53. The third-order valence-corrected chi connectivity index (χ3v) is 3.86. The van der Waals surface area contributed by atoms with E-state index in [0.29, 0.717) is 5.69 Å². The number of hydrogen-bond donors (Lipinski definition) is 3. The minimum Gasteiger partial charge on any atom is -0.480 e. The van der Waals surface area contributed by atoms with Gasteiger partial charge in [0.15, 0.2) is 0 Å². The molecule has 0 radical (unpaired) electrons. The molecule has 22 heavy (non-hydrogen) atoms. The van der Waals surface area contributed by atoms with Crippen molar-refractivity contribution >= 4 is 17.6 Å². The first-order chi connectivity index (χ1) is 10.5. The van der Waals surface area contributed by atoms with Gasteiger partial charge in [0.1, 0.15) is 11.9 Å². The molecule has 1 aromatic carbocycles. The number of carbonyl (C=O) groups is 2. The fourth-order valence-electron chi connectivity index (χ4n) is 2.70. The molecule has 1 aliphatic carbocycles. The van der Waals surface area contributed by atoms with E-state index in [9.17, 15) is 19.1 Å². The van der Waals surface area contributed by atoms with E-state index < -0.39 is 17.9 Å². The Morgan fingerprint density at radius 3 is 2.41 bits per heavy atom. The first kappa shape index (κ1) is 16.4. The minimum atomic E-state index is -1.03. The van der Waals surface area contributed by atoms with E-state index in [4.69, 9.17) is 0 Å². The van der Waals surface area contributed by atoms with E-state index in [1.165, 1.54) is 30.7 Å². The number of rotatable bonds is 6. The van der Waals surface area contributed by atoms with Gasteiger partial charge in [0.05, 0.1) is 6.42 Å². The van der Waals surface area contributed by atoms with E-state index in [1.54, 1.807) is 0 Å². The lowest BCUT2D eigenvalue weighted by molar-refractivity contribution is -0.141. The maximum atomic E-state index is 12.8. The summed E-state index contributed by atoms with van der Waals surface area (Å²) in [6.07, 6.45) is 5.11. The molecule has 0 aliphatic heterocycles. The van der Waals surface area contributed by atoms with Crippen molar-refractivity contribution in [1.82, 2.24) is 5.32 Å². The minimum absolute atomic E-state index is 0.150. The number of halogens is 1. The third-order valence-electron chi connectivity index (χ3n) is 3.86. The van der Waals surface area contributed by atoms with Gasteiger partial charge in [-0.15, -0.1) is 0 Å². The molecule has 1 saturated carbocycles. The zero-order chi connectivity index (χ0) is 15.9. The summed E-state index contributed by atoms with van der Waals surface area (Å²) in [7, 11) is 0. The van der Waals surface area contributed by atoms with Crippen LogP contribution >= 0.6 is 0 Å². The molecule has 1 aliphatic rings. The van der Waals surface area contributed by atoms with Crippen LogP contribution in [-0.4, -0.2) is 29.1 Å². The van der Waals surface area contributed by atoms with E-state index in [0.717, 1.165) is 25.7 Å². The lowest BCUT2D eigenvalue weighted by Crippen LogP contribution is -2.45. The smallest absolute Gasteiger partial charge is 0.321 e. The van der Waals surface area contributed by atoms with Gasteiger partial charge in [0.2, 0.25) is 5.91 Å². The summed E-state index contributed by atoms with van der Waals surface area (Å²) in [5.74, 6) is -1.82. The first-order valence-electron chi connectivity index (χ1n) is 7.59. The van der Waals surface area contributed by atoms with Crippen LogP contribution in [0, 0.1) is 5.82 Å². The van der Waals surface area contributed by atoms with Crippen LogP contribution in [0.4, 0.5) is 10.1 Å². The number of hydrogen-bond acceptors (Lipinski definition) is 3. The van der Waals surface area contributed by atoms with Crippen LogP contribution in [0.15, 0.2) is 24.3 Å². The van der Waals surface area contributed by atoms with Gasteiger partial charge < -0.3 is 15.7 Å². The maximum Gasteiger partial charge on any atom is 0.321 e. The largest absolute Gasteiger partial charge is 0.480 e. The van der Waals surface area contributed by atoms with Crippen molar-refractivity contribution in [3.05, 3.63) is 30.1 Å². The lowest BCUT2D eigenvalue weighted by Gasteiger charge is -2.26. The van der Waals surface area contributed by atoms with Crippen molar-refractivity contribution in [2.75, 3.05) is 5.32 Å². The zero-order valence-corrected chi connectivity index (χ0v) is 12.3. The van der Waals surface area contributed by atoms with E-state index in [2.05, 4.69) is 10.6 Å². The average Bonchev–Trinajstić information content (AvgIpc) is 2.50. The summed E-state index contributed by atoms with van der Waals surface area (Å²) in [6.45, 7) is 0. The molecular formula is C16H21FN2O3. The molecule has 0 unspecified atom stereocenters. The molecule has 3 N–H and O–H groups in total. The lowest BCUT2D eigenvalue weighted by atomic mass is 9.94. The Morgan fingerprint density at radius 1 is 1.18 bits per heavy atom. The van der Waals surface area contributed by atoms with Crippen molar-refractivity contribution in [2.45, 2.75) is 50.6 Å². The number of aliphatic carboxylic acids is 1. The number of benzene rings is 1. The highest BCUT2D eigenvalue weighted by Gasteiger charge is 2.25. The highest BCUT2D eigenvalue weighted by molar-refractivity contribution is 5.94. The molecule has 2 rings (SSSR count). The third kappa shape index (κ3) is 5.11.